The lowest BCUT2D eigenvalue weighted by Crippen LogP contribution is -2.53. The molecule has 1 amide bonds. The van der Waals surface area contributed by atoms with E-state index in [9.17, 15) is 13.2 Å². The molecular weight excluding hydrogens is 344 g/mol. The number of carbonyl (C=O) groups excluding carboxylic acids is 1. The maximum absolute atomic E-state index is 12.1. The summed E-state index contributed by atoms with van der Waals surface area (Å²) in [5.41, 5.74) is -0.458. The molecule has 146 valence electrons. The highest BCUT2D eigenvalue weighted by molar-refractivity contribution is 7.85. The largest absolute Gasteiger partial charge is 0.444 e. The predicted octanol–water partition coefficient (Wildman–Crippen LogP) is 2.07. The quantitative estimate of drug-likeness (QED) is 0.699. The van der Waals surface area contributed by atoms with Crippen LogP contribution in [0.1, 0.15) is 46.5 Å². The molecule has 0 radical (unpaired) electrons. The molecule has 0 atom stereocenters. The Morgan fingerprint density at radius 3 is 2.08 bits per heavy atom. The normalized spacial score (nSPS) is 26.5. The second kappa shape index (κ2) is 8.22. The van der Waals surface area contributed by atoms with Gasteiger partial charge in [0.2, 0.25) is 0 Å². The average molecular weight is 377 g/mol. The van der Waals surface area contributed by atoms with Gasteiger partial charge in [-0.3, -0.25) is 9.08 Å². The lowest BCUT2D eigenvalue weighted by molar-refractivity contribution is 0.00655. The molecule has 1 saturated carbocycles. The van der Waals surface area contributed by atoms with Gasteiger partial charge in [-0.1, -0.05) is 0 Å². The van der Waals surface area contributed by atoms with Crippen molar-refractivity contribution in [2.75, 3.05) is 39.0 Å². The third-order valence-corrected chi connectivity index (χ3v) is 5.38. The first-order chi connectivity index (χ1) is 11.5. The number of rotatable bonds is 4. The molecule has 25 heavy (non-hydrogen) atoms. The molecule has 0 aromatic carbocycles. The summed E-state index contributed by atoms with van der Waals surface area (Å²) >= 11 is 0. The van der Waals surface area contributed by atoms with E-state index in [-0.39, 0.29) is 6.09 Å². The molecule has 2 aliphatic rings. The molecule has 1 heterocycles. The van der Waals surface area contributed by atoms with Crippen LogP contribution in [0.2, 0.25) is 0 Å². The van der Waals surface area contributed by atoms with Gasteiger partial charge in [0.05, 0.1) is 12.9 Å². The highest BCUT2D eigenvalue weighted by atomic mass is 32.2. The van der Waals surface area contributed by atoms with E-state index in [2.05, 4.69) is 4.90 Å². The lowest BCUT2D eigenvalue weighted by Gasteiger charge is -2.42. The molecule has 2 fully saturated rings. The van der Waals surface area contributed by atoms with Crippen LogP contribution in [0.3, 0.4) is 0 Å². The number of carbonyl (C=O) groups is 1. The van der Waals surface area contributed by atoms with E-state index in [4.69, 9.17) is 8.92 Å². The number of amides is 1. The Bertz CT molecular complexity index is 542. The zero-order chi connectivity index (χ0) is 18.7. The number of hydrogen-bond donors (Lipinski definition) is 0. The highest BCUT2D eigenvalue weighted by Gasteiger charge is 2.31. The summed E-state index contributed by atoms with van der Waals surface area (Å²) in [6, 6.07) is 0.523. The van der Waals surface area contributed by atoms with E-state index in [0.29, 0.717) is 31.7 Å². The van der Waals surface area contributed by atoms with Gasteiger partial charge < -0.3 is 9.64 Å². The van der Waals surface area contributed by atoms with Crippen molar-refractivity contribution < 1.29 is 22.1 Å². The van der Waals surface area contributed by atoms with Crippen molar-refractivity contribution in [1.82, 2.24) is 9.80 Å². The highest BCUT2D eigenvalue weighted by Crippen LogP contribution is 2.29. The predicted molar refractivity (Wildman–Crippen MR) is 95.9 cm³/mol. The van der Waals surface area contributed by atoms with E-state index in [1.807, 2.05) is 20.8 Å². The van der Waals surface area contributed by atoms with Crippen molar-refractivity contribution in [3.05, 3.63) is 0 Å². The van der Waals surface area contributed by atoms with Crippen LogP contribution in [0.25, 0.3) is 0 Å². The fourth-order valence-electron chi connectivity index (χ4n) is 3.49. The van der Waals surface area contributed by atoms with Crippen molar-refractivity contribution in [1.29, 1.82) is 0 Å². The first kappa shape index (κ1) is 20.5. The van der Waals surface area contributed by atoms with Gasteiger partial charge in [-0.2, -0.15) is 8.42 Å². The van der Waals surface area contributed by atoms with Crippen LogP contribution in [-0.4, -0.2) is 75.0 Å². The number of piperazine rings is 1. The van der Waals surface area contributed by atoms with Crippen molar-refractivity contribution in [2.45, 2.75) is 58.1 Å². The Morgan fingerprint density at radius 2 is 1.60 bits per heavy atom. The molecule has 2 rings (SSSR count). The molecule has 0 aromatic heterocycles. The molecule has 1 aliphatic heterocycles. The summed E-state index contributed by atoms with van der Waals surface area (Å²) in [5.74, 6) is 0.328. The minimum Gasteiger partial charge on any atom is -0.444 e. The maximum atomic E-state index is 12.1. The Labute approximate surface area is 151 Å². The van der Waals surface area contributed by atoms with Crippen molar-refractivity contribution in [3.63, 3.8) is 0 Å². The third-order valence-electron chi connectivity index (χ3n) is 4.82. The van der Waals surface area contributed by atoms with Gasteiger partial charge >= 0.3 is 6.09 Å². The van der Waals surface area contributed by atoms with E-state index in [0.717, 1.165) is 45.0 Å². The van der Waals surface area contributed by atoms with Crippen molar-refractivity contribution >= 4 is 16.2 Å². The van der Waals surface area contributed by atoms with Crippen LogP contribution >= 0.6 is 0 Å². The summed E-state index contributed by atoms with van der Waals surface area (Å²) in [4.78, 5) is 16.4. The lowest BCUT2D eigenvalue weighted by atomic mass is 9.85. The molecule has 0 spiro atoms. The Balaban J connectivity index is 1.71. The van der Waals surface area contributed by atoms with Gasteiger partial charge in [-0.05, 0) is 52.4 Å². The molecular formula is C17H32N2O5S. The minimum absolute atomic E-state index is 0.228. The number of ether oxygens (including phenoxy) is 1. The van der Waals surface area contributed by atoms with Crippen LogP contribution in [0.4, 0.5) is 4.79 Å². The van der Waals surface area contributed by atoms with Gasteiger partial charge in [0.15, 0.2) is 0 Å². The molecule has 7 nitrogen and oxygen atoms in total. The zero-order valence-corrected chi connectivity index (χ0v) is 16.7. The first-order valence-corrected chi connectivity index (χ1v) is 10.9. The Hall–Kier alpha value is -0.860. The van der Waals surface area contributed by atoms with E-state index in [1.54, 1.807) is 4.90 Å². The van der Waals surface area contributed by atoms with Gasteiger partial charge in [0.25, 0.3) is 10.1 Å². The van der Waals surface area contributed by atoms with Crippen LogP contribution in [-0.2, 0) is 19.0 Å². The SMILES string of the molecule is CC(C)(C)OC(=O)N1CCN(C2CCC(COS(C)(=O)=O)CC2)CC1. The van der Waals surface area contributed by atoms with E-state index in [1.165, 1.54) is 0 Å². The fourth-order valence-corrected chi connectivity index (χ4v) is 3.93. The topological polar surface area (TPSA) is 76.2 Å². The first-order valence-electron chi connectivity index (χ1n) is 9.10. The summed E-state index contributed by atoms with van der Waals surface area (Å²) in [6.07, 6.45) is 4.98. The molecule has 0 aromatic rings. The van der Waals surface area contributed by atoms with E-state index < -0.39 is 15.7 Å². The summed E-state index contributed by atoms with van der Waals surface area (Å²) in [5, 5.41) is 0. The summed E-state index contributed by atoms with van der Waals surface area (Å²) < 4.78 is 32.5. The Kier molecular flexibility index (Phi) is 6.73. The molecule has 8 heteroatoms. The summed E-state index contributed by atoms with van der Waals surface area (Å²) in [7, 11) is -3.34. The molecule has 0 N–H and O–H groups in total. The zero-order valence-electron chi connectivity index (χ0n) is 15.9. The van der Waals surface area contributed by atoms with Crippen LogP contribution in [0.5, 0.6) is 0 Å². The molecule has 0 unspecified atom stereocenters. The van der Waals surface area contributed by atoms with Crippen molar-refractivity contribution in [3.8, 4) is 0 Å². The van der Waals surface area contributed by atoms with E-state index >= 15 is 0 Å². The fraction of sp³-hybridized carbons (Fsp3) is 0.941. The Morgan fingerprint density at radius 1 is 1.04 bits per heavy atom. The third kappa shape index (κ3) is 7.11. The molecule has 0 bridgehead atoms. The number of nitrogens with zero attached hydrogens (tertiary/aromatic N) is 2. The standard InChI is InChI=1S/C17H32N2O5S/c1-17(2,3)24-16(20)19-11-9-18(10-12-19)15-7-5-14(6-8-15)13-23-25(4,21)22/h14-15H,5-13H2,1-4H3. The van der Waals surface area contributed by atoms with Crippen molar-refractivity contribution in [2.24, 2.45) is 5.92 Å². The van der Waals surface area contributed by atoms with Gasteiger partial charge in [-0.25, -0.2) is 4.79 Å². The van der Waals surface area contributed by atoms with Crippen LogP contribution in [0, 0.1) is 5.92 Å². The van der Waals surface area contributed by atoms with Gasteiger partial charge in [0, 0.05) is 32.2 Å². The van der Waals surface area contributed by atoms with Crippen LogP contribution in [0.15, 0.2) is 0 Å². The maximum Gasteiger partial charge on any atom is 0.410 e. The average Bonchev–Trinajstić information content (AvgIpc) is 2.51. The second-order valence-corrected chi connectivity index (χ2v) is 9.81. The monoisotopic (exact) mass is 376 g/mol. The molecule has 1 saturated heterocycles. The van der Waals surface area contributed by atoms with Gasteiger partial charge in [0.1, 0.15) is 5.60 Å². The van der Waals surface area contributed by atoms with Crippen LogP contribution < -0.4 is 0 Å². The number of hydrogen-bond acceptors (Lipinski definition) is 6. The smallest absolute Gasteiger partial charge is 0.410 e. The van der Waals surface area contributed by atoms with Gasteiger partial charge in [-0.15, -0.1) is 0 Å². The second-order valence-electron chi connectivity index (χ2n) is 8.17. The minimum atomic E-state index is -3.34. The summed E-state index contributed by atoms with van der Waals surface area (Å²) in [6.45, 7) is 9.09. The molecule has 1 aliphatic carbocycles.